The predicted molar refractivity (Wildman–Crippen MR) is 95.5 cm³/mol. The topological polar surface area (TPSA) is 57.7 Å². The molecule has 0 aromatic rings. The van der Waals surface area contributed by atoms with Crippen molar-refractivity contribution in [3.63, 3.8) is 0 Å². The molecule has 3 aliphatic rings. The number of fused-ring (bicyclic) bond motifs is 1. The van der Waals surface area contributed by atoms with Crippen molar-refractivity contribution in [2.45, 2.75) is 64.8 Å². The van der Waals surface area contributed by atoms with Crippen LogP contribution in [0.25, 0.3) is 0 Å². The van der Waals surface area contributed by atoms with Gasteiger partial charge in [-0.3, -0.25) is 19.3 Å². The van der Waals surface area contributed by atoms with Crippen LogP contribution in [0.4, 0.5) is 0 Å². The third-order valence-corrected chi connectivity index (χ3v) is 5.75. The number of rotatable bonds is 4. The molecular weight excluding hydrogens is 316 g/mol. The number of carbonyl (C=O) groups is 3. The average molecular weight is 346 g/mol. The predicted octanol–water partition coefficient (Wildman–Crippen LogP) is 2.75. The SMILES string of the molecule is CC(C)CC(C(=O)N1CCCCCC1)N1C(=O)C2CC=CCC2C1=O. The molecule has 0 saturated carbocycles. The monoisotopic (exact) mass is 346 g/mol. The summed E-state index contributed by atoms with van der Waals surface area (Å²) in [6.45, 7) is 5.58. The Kier molecular flexibility index (Phi) is 5.60. The second kappa shape index (κ2) is 7.71. The number of hydrogen-bond donors (Lipinski definition) is 0. The van der Waals surface area contributed by atoms with E-state index in [0.29, 0.717) is 19.3 Å². The lowest BCUT2D eigenvalue weighted by Gasteiger charge is -2.32. The van der Waals surface area contributed by atoms with Crippen LogP contribution in [0.2, 0.25) is 0 Å². The molecule has 2 aliphatic heterocycles. The van der Waals surface area contributed by atoms with Crippen LogP contribution >= 0.6 is 0 Å². The van der Waals surface area contributed by atoms with Crippen molar-refractivity contribution >= 4 is 17.7 Å². The summed E-state index contributed by atoms with van der Waals surface area (Å²) in [7, 11) is 0. The molecule has 0 aromatic heterocycles. The molecule has 25 heavy (non-hydrogen) atoms. The van der Waals surface area contributed by atoms with Crippen LogP contribution in [0.5, 0.6) is 0 Å². The lowest BCUT2D eigenvalue weighted by atomic mass is 9.85. The van der Waals surface area contributed by atoms with Crippen LogP contribution in [0, 0.1) is 17.8 Å². The van der Waals surface area contributed by atoms with E-state index in [4.69, 9.17) is 0 Å². The Morgan fingerprint density at radius 3 is 2.00 bits per heavy atom. The van der Waals surface area contributed by atoms with Crippen molar-refractivity contribution in [2.75, 3.05) is 13.1 Å². The number of hydrogen-bond acceptors (Lipinski definition) is 3. The molecule has 3 unspecified atom stereocenters. The maximum absolute atomic E-state index is 13.2. The number of nitrogens with zero attached hydrogens (tertiary/aromatic N) is 2. The Morgan fingerprint density at radius 1 is 1.00 bits per heavy atom. The van der Waals surface area contributed by atoms with Crippen LogP contribution in [0.1, 0.15) is 58.8 Å². The summed E-state index contributed by atoms with van der Waals surface area (Å²) in [5.41, 5.74) is 0. The number of amides is 3. The van der Waals surface area contributed by atoms with Crippen molar-refractivity contribution in [3.8, 4) is 0 Å². The Labute approximate surface area is 150 Å². The molecule has 2 fully saturated rings. The van der Waals surface area contributed by atoms with E-state index in [2.05, 4.69) is 0 Å². The van der Waals surface area contributed by atoms with Gasteiger partial charge < -0.3 is 4.90 Å². The second-order valence-electron chi connectivity index (χ2n) is 8.09. The molecular formula is C20H30N2O3. The third kappa shape index (κ3) is 3.65. The second-order valence-corrected chi connectivity index (χ2v) is 8.09. The van der Waals surface area contributed by atoms with E-state index in [1.165, 1.54) is 4.90 Å². The van der Waals surface area contributed by atoms with E-state index in [-0.39, 0.29) is 35.5 Å². The highest BCUT2D eigenvalue weighted by Crippen LogP contribution is 2.37. The van der Waals surface area contributed by atoms with E-state index in [1.807, 2.05) is 30.9 Å². The number of allylic oxidation sites excluding steroid dienone is 2. The molecule has 138 valence electrons. The molecule has 5 heteroatoms. The van der Waals surface area contributed by atoms with Crippen LogP contribution in [-0.2, 0) is 14.4 Å². The maximum atomic E-state index is 13.2. The van der Waals surface area contributed by atoms with Gasteiger partial charge in [0.25, 0.3) is 0 Å². The van der Waals surface area contributed by atoms with Gasteiger partial charge in [-0.05, 0) is 38.0 Å². The summed E-state index contributed by atoms with van der Waals surface area (Å²) in [5, 5.41) is 0. The summed E-state index contributed by atoms with van der Waals surface area (Å²) in [5.74, 6) is -0.555. The maximum Gasteiger partial charge on any atom is 0.245 e. The van der Waals surface area contributed by atoms with Crippen LogP contribution in [-0.4, -0.2) is 46.7 Å². The van der Waals surface area contributed by atoms with Crippen LogP contribution < -0.4 is 0 Å². The highest BCUT2D eigenvalue weighted by Gasteiger charge is 2.51. The summed E-state index contributed by atoms with van der Waals surface area (Å²) in [4.78, 5) is 42.3. The lowest BCUT2D eigenvalue weighted by Crippen LogP contribution is -2.52. The van der Waals surface area contributed by atoms with Gasteiger partial charge in [0, 0.05) is 13.1 Å². The van der Waals surface area contributed by atoms with Gasteiger partial charge in [-0.25, -0.2) is 0 Å². The summed E-state index contributed by atoms with van der Waals surface area (Å²) in [6, 6.07) is -0.622. The van der Waals surface area contributed by atoms with Gasteiger partial charge in [-0.15, -0.1) is 0 Å². The van der Waals surface area contributed by atoms with Crippen LogP contribution in [0.3, 0.4) is 0 Å². The molecule has 3 amide bonds. The minimum atomic E-state index is -0.622. The molecule has 0 N–H and O–H groups in total. The van der Waals surface area contributed by atoms with Gasteiger partial charge in [0.05, 0.1) is 11.8 Å². The van der Waals surface area contributed by atoms with Gasteiger partial charge in [0.1, 0.15) is 6.04 Å². The first kappa shape index (κ1) is 18.2. The molecule has 3 atom stereocenters. The summed E-state index contributed by atoms with van der Waals surface area (Å²) >= 11 is 0. The van der Waals surface area contributed by atoms with Gasteiger partial charge in [0.15, 0.2) is 0 Å². The zero-order valence-electron chi connectivity index (χ0n) is 15.4. The van der Waals surface area contributed by atoms with Crippen LogP contribution in [0.15, 0.2) is 12.2 Å². The Bertz CT molecular complexity index is 535. The first-order chi connectivity index (χ1) is 12.0. The fraction of sp³-hybridized carbons (Fsp3) is 0.750. The normalized spacial score (nSPS) is 28.3. The van der Waals surface area contributed by atoms with E-state index in [0.717, 1.165) is 38.8 Å². The van der Waals surface area contributed by atoms with E-state index in [1.54, 1.807) is 0 Å². The smallest absolute Gasteiger partial charge is 0.245 e. The Morgan fingerprint density at radius 2 is 1.52 bits per heavy atom. The Hall–Kier alpha value is -1.65. The van der Waals surface area contributed by atoms with Crippen molar-refractivity contribution in [3.05, 3.63) is 12.2 Å². The van der Waals surface area contributed by atoms with E-state index < -0.39 is 6.04 Å². The fourth-order valence-corrected chi connectivity index (χ4v) is 4.40. The zero-order chi connectivity index (χ0) is 18.0. The lowest BCUT2D eigenvalue weighted by molar-refractivity contribution is -0.152. The number of carbonyl (C=O) groups excluding carboxylic acids is 3. The Balaban J connectivity index is 1.83. The van der Waals surface area contributed by atoms with E-state index in [9.17, 15) is 14.4 Å². The van der Waals surface area contributed by atoms with Crippen molar-refractivity contribution in [1.29, 1.82) is 0 Å². The van der Waals surface area contributed by atoms with Gasteiger partial charge >= 0.3 is 0 Å². The van der Waals surface area contributed by atoms with E-state index >= 15 is 0 Å². The highest BCUT2D eigenvalue weighted by molar-refractivity contribution is 6.08. The molecule has 1 aliphatic carbocycles. The minimum Gasteiger partial charge on any atom is -0.341 e. The summed E-state index contributed by atoms with van der Waals surface area (Å²) < 4.78 is 0. The largest absolute Gasteiger partial charge is 0.341 e. The van der Waals surface area contributed by atoms with Gasteiger partial charge in [0.2, 0.25) is 17.7 Å². The molecule has 0 aromatic carbocycles. The molecule has 5 nitrogen and oxygen atoms in total. The molecule has 3 rings (SSSR count). The number of likely N-dealkylation sites (tertiary alicyclic amines) is 2. The van der Waals surface area contributed by atoms with Gasteiger partial charge in [-0.2, -0.15) is 0 Å². The van der Waals surface area contributed by atoms with Crippen molar-refractivity contribution in [1.82, 2.24) is 9.80 Å². The molecule has 0 spiro atoms. The third-order valence-electron chi connectivity index (χ3n) is 5.75. The highest BCUT2D eigenvalue weighted by atomic mass is 16.2. The first-order valence-corrected chi connectivity index (χ1v) is 9.81. The fourth-order valence-electron chi connectivity index (χ4n) is 4.40. The average Bonchev–Trinajstić information content (AvgIpc) is 2.79. The van der Waals surface area contributed by atoms with Crippen molar-refractivity contribution in [2.24, 2.45) is 17.8 Å². The van der Waals surface area contributed by atoms with Crippen molar-refractivity contribution < 1.29 is 14.4 Å². The molecule has 0 bridgehead atoms. The number of imide groups is 1. The first-order valence-electron chi connectivity index (χ1n) is 9.81. The molecule has 2 heterocycles. The minimum absolute atomic E-state index is 0.0242. The summed E-state index contributed by atoms with van der Waals surface area (Å²) in [6.07, 6.45) is 10.1. The standard InChI is InChI=1S/C20H30N2O3/c1-14(2)13-17(20(25)21-11-7-3-4-8-12-21)22-18(23)15-9-5-6-10-16(15)19(22)24/h5-6,14-17H,3-4,7-13H2,1-2H3. The quantitative estimate of drug-likeness (QED) is 0.581. The molecule has 2 saturated heterocycles. The van der Waals surface area contributed by atoms with Gasteiger partial charge in [-0.1, -0.05) is 38.8 Å². The zero-order valence-corrected chi connectivity index (χ0v) is 15.4. The molecule has 0 radical (unpaired) electrons.